The number of benzene rings is 2. The Labute approximate surface area is 137 Å². The molecule has 0 saturated carbocycles. The maximum Gasteiger partial charge on any atom is 0.129 e. The third-order valence-corrected chi connectivity index (χ3v) is 4.33. The standard InChI is InChI=1S/C17H16BrClN2/c1-11(2)12-4-3-5-14(8-12)21-16-9-13(18)6-7-15(16)20-17(21)10-19/h3-9,11H,10H2,1-2H3. The summed E-state index contributed by atoms with van der Waals surface area (Å²) in [5.74, 6) is 1.75. The molecule has 0 atom stereocenters. The van der Waals surface area contributed by atoms with Gasteiger partial charge in [0, 0.05) is 10.2 Å². The number of rotatable bonds is 3. The van der Waals surface area contributed by atoms with Crippen LogP contribution in [0, 0.1) is 0 Å². The van der Waals surface area contributed by atoms with Crippen molar-refractivity contribution in [1.29, 1.82) is 0 Å². The summed E-state index contributed by atoms with van der Waals surface area (Å²) < 4.78 is 3.18. The summed E-state index contributed by atoms with van der Waals surface area (Å²) >= 11 is 9.63. The molecular formula is C17H16BrClN2. The number of alkyl halides is 1. The molecule has 0 aliphatic carbocycles. The molecule has 21 heavy (non-hydrogen) atoms. The van der Waals surface area contributed by atoms with Gasteiger partial charge in [0.05, 0.1) is 16.9 Å². The van der Waals surface area contributed by atoms with Gasteiger partial charge >= 0.3 is 0 Å². The molecule has 0 spiro atoms. The van der Waals surface area contributed by atoms with Crippen LogP contribution < -0.4 is 0 Å². The van der Waals surface area contributed by atoms with E-state index in [1.165, 1.54) is 5.56 Å². The third kappa shape index (κ3) is 2.72. The monoisotopic (exact) mass is 362 g/mol. The summed E-state index contributed by atoms with van der Waals surface area (Å²) in [5.41, 5.74) is 4.45. The van der Waals surface area contributed by atoms with Crippen LogP contribution in [0.25, 0.3) is 16.7 Å². The number of fused-ring (bicyclic) bond motifs is 1. The molecule has 0 fully saturated rings. The molecule has 0 N–H and O–H groups in total. The van der Waals surface area contributed by atoms with Crippen LogP contribution in [0.15, 0.2) is 46.9 Å². The molecule has 108 valence electrons. The van der Waals surface area contributed by atoms with Crippen LogP contribution in [0.1, 0.15) is 31.2 Å². The Morgan fingerprint density at radius 3 is 2.71 bits per heavy atom. The highest BCUT2D eigenvalue weighted by Gasteiger charge is 2.13. The number of aromatic nitrogens is 2. The maximum absolute atomic E-state index is 6.10. The molecule has 4 heteroatoms. The molecule has 1 aromatic heterocycles. The van der Waals surface area contributed by atoms with Crippen LogP contribution in [0.2, 0.25) is 0 Å². The van der Waals surface area contributed by atoms with Gasteiger partial charge in [0.2, 0.25) is 0 Å². The molecule has 0 aliphatic rings. The predicted molar refractivity (Wildman–Crippen MR) is 92.4 cm³/mol. The van der Waals surface area contributed by atoms with Crippen molar-refractivity contribution in [3.05, 3.63) is 58.3 Å². The lowest BCUT2D eigenvalue weighted by molar-refractivity contribution is 0.861. The number of halogens is 2. The fraction of sp³-hybridized carbons (Fsp3) is 0.235. The highest BCUT2D eigenvalue weighted by Crippen LogP contribution is 2.27. The van der Waals surface area contributed by atoms with E-state index in [9.17, 15) is 0 Å². The minimum absolute atomic E-state index is 0.387. The van der Waals surface area contributed by atoms with Gasteiger partial charge in [0.25, 0.3) is 0 Å². The SMILES string of the molecule is CC(C)c1cccc(-n2c(CCl)nc3ccc(Br)cc32)c1. The van der Waals surface area contributed by atoms with Crippen molar-refractivity contribution in [2.45, 2.75) is 25.6 Å². The zero-order valence-electron chi connectivity index (χ0n) is 12.0. The fourth-order valence-electron chi connectivity index (χ4n) is 2.50. The largest absolute Gasteiger partial charge is 0.295 e. The van der Waals surface area contributed by atoms with E-state index in [4.69, 9.17) is 11.6 Å². The average Bonchev–Trinajstić information content (AvgIpc) is 2.85. The van der Waals surface area contributed by atoms with E-state index in [1.807, 2.05) is 12.1 Å². The van der Waals surface area contributed by atoms with Gasteiger partial charge in [-0.15, -0.1) is 11.6 Å². The van der Waals surface area contributed by atoms with Gasteiger partial charge in [-0.1, -0.05) is 41.9 Å². The zero-order valence-corrected chi connectivity index (χ0v) is 14.3. The first kappa shape index (κ1) is 14.6. The predicted octanol–water partition coefficient (Wildman–Crippen LogP) is 5.65. The van der Waals surface area contributed by atoms with E-state index in [0.29, 0.717) is 11.8 Å². The van der Waals surface area contributed by atoms with Crippen molar-refractivity contribution in [1.82, 2.24) is 9.55 Å². The van der Waals surface area contributed by atoms with Gasteiger partial charge in [-0.25, -0.2) is 4.98 Å². The lowest BCUT2D eigenvalue weighted by atomic mass is 10.0. The molecule has 0 saturated heterocycles. The van der Waals surface area contributed by atoms with E-state index in [2.05, 4.69) is 69.7 Å². The van der Waals surface area contributed by atoms with Gasteiger partial charge < -0.3 is 0 Å². The molecule has 3 rings (SSSR count). The van der Waals surface area contributed by atoms with Gasteiger partial charge in [0.15, 0.2) is 0 Å². The van der Waals surface area contributed by atoms with E-state index in [-0.39, 0.29) is 0 Å². The number of hydrogen-bond donors (Lipinski definition) is 0. The molecule has 1 heterocycles. The Hall–Kier alpha value is -1.32. The van der Waals surface area contributed by atoms with Crippen LogP contribution in [0.4, 0.5) is 0 Å². The lowest BCUT2D eigenvalue weighted by Crippen LogP contribution is -2.00. The molecule has 2 nitrogen and oxygen atoms in total. The van der Waals surface area contributed by atoms with Gasteiger partial charge in [-0.3, -0.25) is 4.57 Å². The van der Waals surface area contributed by atoms with Crippen molar-refractivity contribution in [2.75, 3.05) is 0 Å². The van der Waals surface area contributed by atoms with Gasteiger partial charge in [-0.05, 0) is 41.8 Å². The van der Waals surface area contributed by atoms with E-state index in [1.54, 1.807) is 0 Å². The molecule has 0 unspecified atom stereocenters. The quantitative estimate of drug-likeness (QED) is 0.550. The third-order valence-electron chi connectivity index (χ3n) is 3.60. The second-order valence-corrected chi connectivity index (χ2v) is 6.56. The lowest BCUT2D eigenvalue weighted by Gasteiger charge is -2.11. The molecule has 0 radical (unpaired) electrons. The van der Waals surface area contributed by atoms with E-state index in [0.717, 1.165) is 27.0 Å². The van der Waals surface area contributed by atoms with E-state index >= 15 is 0 Å². The smallest absolute Gasteiger partial charge is 0.129 e. The fourth-order valence-corrected chi connectivity index (χ4v) is 3.03. The first-order valence-electron chi connectivity index (χ1n) is 6.93. The van der Waals surface area contributed by atoms with Crippen LogP contribution in [-0.4, -0.2) is 9.55 Å². The summed E-state index contributed by atoms with van der Waals surface area (Å²) in [6.45, 7) is 4.40. The van der Waals surface area contributed by atoms with Crippen molar-refractivity contribution < 1.29 is 0 Å². The Balaban J connectivity index is 2.27. The molecule has 0 aliphatic heterocycles. The van der Waals surface area contributed by atoms with E-state index < -0.39 is 0 Å². The Kier molecular flexibility index (Phi) is 4.05. The number of nitrogens with zero attached hydrogens (tertiary/aromatic N) is 2. The summed E-state index contributed by atoms with van der Waals surface area (Å²) in [6, 6.07) is 14.7. The second kappa shape index (κ2) is 5.82. The topological polar surface area (TPSA) is 17.8 Å². The molecule has 0 amide bonds. The molecule has 3 aromatic rings. The summed E-state index contributed by atoms with van der Waals surface area (Å²) in [7, 11) is 0. The minimum atomic E-state index is 0.387. The summed E-state index contributed by atoms with van der Waals surface area (Å²) in [5, 5.41) is 0. The van der Waals surface area contributed by atoms with Crippen LogP contribution in [-0.2, 0) is 5.88 Å². The highest BCUT2D eigenvalue weighted by molar-refractivity contribution is 9.10. The second-order valence-electron chi connectivity index (χ2n) is 5.38. The van der Waals surface area contributed by atoms with Crippen molar-refractivity contribution >= 4 is 38.6 Å². The van der Waals surface area contributed by atoms with Crippen LogP contribution >= 0.6 is 27.5 Å². The van der Waals surface area contributed by atoms with Crippen molar-refractivity contribution in [3.8, 4) is 5.69 Å². The minimum Gasteiger partial charge on any atom is -0.295 e. The van der Waals surface area contributed by atoms with Gasteiger partial charge in [-0.2, -0.15) is 0 Å². The molecule has 0 bridgehead atoms. The van der Waals surface area contributed by atoms with Crippen LogP contribution in [0.5, 0.6) is 0 Å². The highest BCUT2D eigenvalue weighted by atomic mass is 79.9. The summed E-state index contributed by atoms with van der Waals surface area (Å²) in [4.78, 5) is 4.63. The normalized spacial score (nSPS) is 11.5. The zero-order chi connectivity index (χ0) is 15.0. The Morgan fingerprint density at radius 1 is 1.19 bits per heavy atom. The Bertz CT molecular complexity index is 793. The van der Waals surface area contributed by atoms with Crippen LogP contribution in [0.3, 0.4) is 0 Å². The number of imidazole rings is 1. The average molecular weight is 364 g/mol. The first-order chi connectivity index (χ1) is 10.1. The molecular weight excluding hydrogens is 348 g/mol. The maximum atomic E-state index is 6.10. The Morgan fingerprint density at radius 2 is 2.00 bits per heavy atom. The van der Waals surface area contributed by atoms with Crippen molar-refractivity contribution in [3.63, 3.8) is 0 Å². The van der Waals surface area contributed by atoms with Crippen molar-refractivity contribution in [2.24, 2.45) is 0 Å². The first-order valence-corrected chi connectivity index (χ1v) is 8.26. The summed E-state index contributed by atoms with van der Waals surface area (Å²) in [6.07, 6.45) is 0. The van der Waals surface area contributed by atoms with Gasteiger partial charge in [0.1, 0.15) is 5.82 Å². The number of hydrogen-bond acceptors (Lipinski definition) is 1. The molecule has 2 aromatic carbocycles.